The first kappa shape index (κ1) is 24.1. The van der Waals surface area contributed by atoms with Crippen LogP contribution in [0.15, 0.2) is 83.3 Å². The standard InChI is InChI=1S/C22H22BrNO.C2H2O4/c1-25-22-13-12-20(23)15-19(22)16-24-21(18-10-6-3-7-11-18)14-17-8-4-2-5-9-17;3-1(4)2(5)6/h2-13,15,21,24H,14,16H2,1H3;(H,3,4)(H,5,6). The molecule has 0 heterocycles. The summed E-state index contributed by atoms with van der Waals surface area (Å²) in [5.41, 5.74) is 3.76. The molecule has 0 radical (unpaired) electrons. The minimum Gasteiger partial charge on any atom is -0.496 e. The minimum atomic E-state index is -1.82. The van der Waals surface area contributed by atoms with Gasteiger partial charge in [-0.25, -0.2) is 9.59 Å². The van der Waals surface area contributed by atoms with E-state index >= 15 is 0 Å². The van der Waals surface area contributed by atoms with Gasteiger partial charge in [-0.05, 0) is 35.7 Å². The lowest BCUT2D eigenvalue weighted by Gasteiger charge is -2.20. The number of carboxylic acids is 2. The largest absolute Gasteiger partial charge is 0.496 e. The first-order valence-corrected chi connectivity index (χ1v) is 10.3. The number of carboxylic acid groups (broad SMARTS) is 2. The second-order valence-corrected chi connectivity index (χ2v) is 7.52. The molecule has 0 amide bonds. The van der Waals surface area contributed by atoms with Crippen LogP contribution in [0.3, 0.4) is 0 Å². The lowest BCUT2D eigenvalue weighted by Crippen LogP contribution is -2.23. The number of hydrogen-bond acceptors (Lipinski definition) is 4. The zero-order valence-electron chi connectivity index (χ0n) is 17.0. The van der Waals surface area contributed by atoms with Crippen molar-refractivity contribution < 1.29 is 24.5 Å². The van der Waals surface area contributed by atoms with Gasteiger partial charge in [0.15, 0.2) is 0 Å². The third-order valence-corrected chi connectivity index (χ3v) is 4.94. The van der Waals surface area contributed by atoms with Gasteiger partial charge >= 0.3 is 11.9 Å². The monoisotopic (exact) mass is 485 g/mol. The molecule has 3 aromatic carbocycles. The predicted octanol–water partition coefficient (Wildman–Crippen LogP) is 4.69. The second kappa shape index (κ2) is 12.5. The smallest absolute Gasteiger partial charge is 0.414 e. The van der Waals surface area contributed by atoms with Crippen molar-refractivity contribution in [1.29, 1.82) is 0 Å². The fraction of sp³-hybridized carbons (Fsp3) is 0.167. The van der Waals surface area contributed by atoms with Crippen LogP contribution < -0.4 is 10.1 Å². The van der Waals surface area contributed by atoms with E-state index in [4.69, 9.17) is 24.5 Å². The zero-order valence-corrected chi connectivity index (χ0v) is 18.6. The van der Waals surface area contributed by atoms with E-state index in [1.165, 1.54) is 11.1 Å². The Balaban J connectivity index is 0.000000501. The number of aliphatic carboxylic acids is 2. The topological polar surface area (TPSA) is 95.9 Å². The number of methoxy groups -OCH3 is 1. The van der Waals surface area contributed by atoms with Gasteiger partial charge in [-0.1, -0.05) is 76.6 Å². The summed E-state index contributed by atoms with van der Waals surface area (Å²) in [5, 5.41) is 18.5. The molecule has 0 aliphatic heterocycles. The molecule has 3 aromatic rings. The van der Waals surface area contributed by atoms with Crippen molar-refractivity contribution in [3.8, 4) is 5.75 Å². The fourth-order valence-electron chi connectivity index (χ4n) is 2.96. The van der Waals surface area contributed by atoms with Gasteiger partial charge in [-0.2, -0.15) is 0 Å². The maximum Gasteiger partial charge on any atom is 0.414 e. The molecule has 0 spiro atoms. The summed E-state index contributed by atoms with van der Waals surface area (Å²) in [6.07, 6.45) is 0.946. The molecule has 7 heteroatoms. The highest BCUT2D eigenvalue weighted by Gasteiger charge is 2.13. The van der Waals surface area contributed by atoms with Crippen LogP contribution in [0, 0.1) is 0 Å². The summed E-state index contributed by atoms with van der Waals surface area (Å²) in [5.74, 6) is -2.74. The molecule has 31 heavy (non-hydrogen) atoms. The molecule has 3 rings (SSSR count). The highest BCUT2D eigenvalue weighted by atomic mass is 79.9. The van der Waals surface area contributed by atoms with Gasteiger partial charge in [0.1, 0.15) is 5.75 Å². The first-order valence-electron chi connectivity index (χ1n) is 9.51. The Morgan fingerprint density at radius 1 is 0.935 bits per heavy atom. The minimum absolute atomic E-state index is 0.243. The summed E-state index contributed by atoms with van der Waals surface area (Å²) >= 11 is 3.55. The lowest BCUT2D eigenvalue weighted by atomic mass is 9.98. The van der Waals surface area contributed by atoms with Crippen LogP contribution in [0.4, 0.5) is 0 Å². The number of nitrogens with one attached hydrogen (secondary N) is 1. The van der Waals surface area contributed by atoms with Crippen LogP contribution in [0.2, 0.25) is 0 Å². The molecule has 0 saturated heterocycles. The van der Waals surface area contributed by atoms with E-state index in [0.29, 0.717) is 0 Å². The molecular weight excluding hydrogens is 462 g/mol. The molecule has 0 bridgehead atoms. The third kappa shape index (κ3) is 8.24. The van der Waals surface area contributed by atoms with Crippen molar-refractivity contribution in [2.45, 2.75) is 19.0 Å². The van der Waals surface area contributed by atoms with Crippen molar-refractivity contribution in [2.24, 2.45) is 0 Å². The van der Waals surface area contributed by atoms with Crippen LogP contribution >= 0.6 is 15.9 Å². The number of benzene rings is 3. The van der Waals surface area contributed by atoms with E-state index in [-0.39, 0.29) is 6.04 Å². The average Bonchev–Trinajstić information content (AvgIpc) is 2.78. The molecule has 1 atom stereocenters. The van der Waals surface area contributed by atoms with E-state index in [0.717, 1.165) is 28.8 Å². The van der Waals surface area contributed by atoms with Crippen molar-refractivity contribution in [2.75, 3.05) is 7.11 Å². The van der Waals surface area contributed by atoms with E-state index < -0.39 is 11.9 Å². The second-order valence-electron chi connectivity index (χ2n) is 6.60. The highest BCUT2D eigenvalue weighted by molar-refractivity contribution is 9.10. The fourth-order valence-corrected chi connectivity index (χ4v) is 3.37. The third-order valence-electron chi connectivity index (χ3n) is 4.45. The Bertz CT molecular complexity index is 968. The van der Waals surface area contributed by atoms with E-state index in [1.54, 1.807) is 7.11 Å². The zero-order chi connectivity index (χ0) is 22.6. The van der Waals surface area contributed by atoms with Crippen LogP contribution in [-0.2, 0) is 22.6 Å². The van der Waals surface area contributed by atoms with Crippen molar-refractivity contribution in [1.82, 2.24) is 5.32 Å². The van der Waals surface area contributed by atoms with Gasteiger partial charge in [0.2, 0.25) is 0 Å². The predicted molar refractivity (Wildman–Crippen MR) is 122 cm³/mol. The van der Waals surface area contributed by atoms with Crippen LogP contribution in [-0.4, -0.2) is 29.3 Å². The molecule has 162 valence electrons. The molecule has 0 fully saturated rings. The quantitative estimate of drug-likeness (QED) is 0.420. The molecule has 6 nitrogen and oxygen atoms in total. The van der Waals surface area contributed by atoms with Crippen molar-refractivity contribution in [3.63, 3.8) is 0 Å². The van der Waals surface area contributed by atoms with Crippen molar-refractivity contribution >= 4 is 27.9 Å². The Labute approximate surface area is 189 Å². The average molecular weight is 486 g/mol. The highest BCUT2D eigenvalue weighted by Crippen LogP contribution is 2.25. The first-order chi connectivity index (χ1) is 14.9. The van der Waals surface area contributed by atoms with Gasteiger partial charge in [-0.15, -0.1) is 0 Å². The Hall–Kier alpha value is -3.16. The maximum absolute atomic E-state index is 9.10. The van der Waals surface area contributed by atoms with Gasteiger partial charge < -0.3 is 20.3 Å². The molecule has 3 N–H and O–H groups in total. The number of carbonyl (C=O) groups is 2. The summed E-state index contributed by atoms with van der Waals surface area (Å²) in [7, 11) is 1.71. The van der Waals surface area contributed by atoms with E-state index in [9.17, 15) is 0 Å². The van der Waals surface area contributed by atoms with Gasteiger partial charge in [0.05, 0.1) is 7.11 Å². The van der Waals surface area contributed by atoms with Crippen molar-refractivity contribution in [3.05, 3.63) is 100 Å². The van der Waals surface area contributed by atoms with E-state index in [2.05, 4.69) is 88.0 Å². The van der Waals surface area contributed by atoms with E-state index in [1.807, 2.05) is 12.1 Å². The van der Waals surface area contributed by atoms with Gasteiger partial charge in [-0.3, -0.25) is 0 Å². The molecular formula is C24H24BrNO5. The molecule has 1 unspecified atom stereocenters. The van der Waals surface area contributed by atoms with Gasteiger partial charge in [0, 0.05) is 22.6 Å². The Morgan fingerprint density at radius 2 is 1.52 bits per heavy atom. The Morgan fingerprint density at radius 3 is 2.06 bits per heavy atom. The SMILES string of the molecule is COc1ccc(Br)cc1CNC(Cc1ccccc1)c1ccccc1.O=C(O)C(=O)O. The number of hydrogen-bond donors (Lipinski definition) is 3. The lowest BCUT2D eigenvalue weighted by molar-refractivity contribution is -0.159. The maximum atomic E-state index is 9.10. The normalized spacial score (nSPS) is 11.0. The summed E-state index contributed by atoms with van der Waals surface area (Å²) in [4.78, 5) is 18.2. The number of halogens is 1. The number of rotatable bonds is 7. The molecule has 0 aliphatic carbocycles. The number of ether oxygens (including phenoxy) is 1. The molecule has 0 aliphatic rings. The van der Waals surface area contributed by atoms with Crippen LogP contribution in [0.1, 0.15) is 22.7 Å². The summed E-state index contributed by atoms with van der Waals surface area (Å²) in [6.45, 7) is 0.745. The Kier molecular flexibility index (Phi) is 9.74. The summed E-state index contributed by atoms with van der Waals surface area (Å²) in [6, 6.07) is 27.5. The molecule has 0 aromatic heterocycles. The van der Waals surface area contributed by atoms with Crippen LogP contribution in [0.5, 0.6) is 5.75 Å². The molecule has 0 saturated carbocycles. The van der Waals surface area contributed by atoms with Crippen LogP contribution in [0.25, 0.3) is 0 Å². The van der Waals surface area contributed by atoms with Gasteiger partial charge in [0.25, 0.3) is 0 Å². The summed E-state index contributed by atoms with van der Waals surface area (Å²) < 4.78 is 6.56.